The first-order valence-corrected chi connectivity index (χ1v) is 8.08. The normalized spacial score (nSPS) is 28.1. The lowest BCUT2D eigenvalue weighted by atomic mass is 9.82. The van der Waals surface area contributed by atoms with E-state index in [0.29, 0.717) is 5.41 Å². The minimum atomic E-state index is 0.499. The van der Waals surface area contributed by atoms with Gasteiger partial charge in [-0.1, -0.05) is 20.8 Å². The van der Waals surface area contributed by atoms with Crippen molar-refractivity contribution in [3.05, 3.63) is 0 Å². The molecule has 0 aromatic carbocycles. The van der Waals surface area contributed by atoms with Crippen LogP contribution in [0, 0.1) is 17.3 Å². The van der Waals surface area contributed by atoms with Crippen LogP contribution in [0.25, 0.3) is 0 Å². The Labute approximate surface area is 119 Å². The highest BCUT2D eigenvalue weighted by Gasteiger charge is 2.32. The average Bonchev–Trinajstić information content (AvgIpc) is 2.76. The molecule has 3 heteroatoms. The van der Waals surface area contributed by atoms with E-state index in [1.165, 1.54) is 45.4 Å². The monoisotopic (exact) mass is 268 g/mol. The first-order valence-electron chi connectivity index (χ1n) is 8.08. The molecule has 112 valence electrons. The molecule has 2 rings (SSSR count). The van der Waals surface area contributed by atoms with E-state index < -0.39 is 0 Å². The standard InChI is InChI=1S/C16H32N2O/c1-14(2)10-17-11-15-4-7-18(12-15)13-16(3)5-8-19-9-6-16/h14-15,17H,4-13H2,1-3H3. The van der Waals surface area contributed by atoms with Gasteiger partial charge in [-0.15, -0.1) is 0 Å². The Morgan fingerprint density at radius 1 is 1.32 bits per heavy atom. The molecule has 0 aromatic rings. The second-order valence-corrected chi connectivity index (χ2v) is 7.36. The Balaban J connectivity index is 1.66. The lowest BCUT2D eigenvalue weighted by Crippen LogP contribution is -2.39. The third kappa shape index (κ3) is 5.05. The molecule has 2 aliphatic rings. The highest BCUT2D eigenvalue weighted by molar-refractivity contribution is 4.85. The van der Waals surface area contributed by atoms with Gasteiger partial charge in [-0.05, 0) is 56.1 Å². The SMILES string of the molecule is CC(C)CNCC1CCN(CC2(C)CCOCC2)C1. The van der Waals surface area contributed by atoms with Gasteiger partial charge in [-0.3, -0.25) is 0 Å². The van der Waals surface area contributed by atoms with E-state index in [9.17, 15) is 0 Å². The van der Waals surface area contributed by atoms with E-state index in [2.05, 4.69) is 31.0 Å². The van der Waals surface area contributed by atoms with Crippen LogP contribution in [0.15, 0.2) is 0 Å². The summed E-state index contributed by atoms with van der Waals surface area (Å²) in [7, 11) is 0. The fourth-order valence-electron chi connectivity index (χ4n) is 3.36. The van der Waals surface area contributed by atoms with Gasteiger partial charge in [0.1, 0.15) is 0 Å². The summed E-state index contributed by atoms with van der Waals surface area (Å²) in [5.41, 5.74) is 0.499. The highest BCUT2D eigenvalue weighted by atomic mass is 16.5. The second-order valence-electron chi connectivity index (χ2n) is 7.36. The number of rotatable bonds is 6. The quantitative estimate of drug-likeness (QED) is 0.800. The van der Waals surface area contributed by atoms with Gasteiger partial charge in [0.05, 0.1) is 0 Å². The van der Waals surface area contributed by atoms with Crippen LogP contribution >= 0.6 is 0 Å². The fraction of sp³-hybridized carbons (Fsp3) is 1.00. The maximum atomic E-state index is 5.50. The third-order valence-corrected chi connectivity index (χ3v) is 4.66. The minimum absolute atomic E-state index is 0.499. The molecule has 2 fully saturated rings. The Bertz CT molecular complexity index is 261. The molecule has 2 saturated heterocycles. The maximum Gasteiger partial charge on any atom is 0.0471 e. The molecule has 0 amide bonds. The third-order valence-electron chi connectivity index (χ3n) is 4.66. The summed E-state index contributed by atoms with van der Waals surface area (Å²) in [5, 5.41) is 3.61. The Morgan fingerprint density at radius 3 is 2.74 bits per heavy atom. The van der Waals surface area contributed by atoms with Gasteiger partial charge >= 0.3 is 0 Å². The smallest absolute Gasteiger partial charge is 0.0471 e. The zero-order valence-electron chi connectivity index (χ0n) is 13.1. The Hall–Kier alpha value is -0.120. The van der Waals surface area contributed by atoms with Crippen LogP contribution in [0.1, 0.15) is 40.0 Å². The number of likely N-dealkylation sites (tertiary alicyclic amines) is 1. The molecule has 1 N–H and O–H groups in total. The summed E-state index contributed by atoms with van der Waals surface area (Å²) in [6, 6.07) is 0. The topological polar surface area (TPSA) is 24.5 Å². The van der Waals surface area contributed by atoms with Crippen molar-refractivity contribution >= 4 is 0 Å². The maximum absolute atomic E-state index is 5.50. The van der Waals surface area contributed by atoms with Crippen LogP contribution < -0.4 is 5.32 Å². The Morgan fingerprint density at radius 2 is 2.05 bits per heavy atom. The van der Waals surface area contributed by atoms with Crippen molar-refractivity contribution in [3.8, 4) is 0 Å². The van der Waals surface area contributed by atoms with Crippen LogP contribution in [0.4, 0.5) is 0 Å². The first kappa shape index (κ1) is 15.3. The predicted molar refractivity (Wildman–Crippen MR) is 80.4 cm³/mol. The van der Waals surface area contributed by atoms with Crippen molar-refractivity contribution in [2.75, 3.05) is 45.9 Å². The van der Waals surface area contributed by atoms with Crippen molar-refractivity contribution in [1.29, 1.82) is 0 Å². The number of hydrogen-bond acceptors (Lipinski definition) is 3. The molecule has 0 aromatic heterocycles. The van der Waals surface area contributed by atoms with Crippen LogP contribution in [0.2, 0.25) is 0 Å². The number of nitrogens with one attached hydrogen (secondary N) is 1. The largest absolute Gasteiger partial charge is 0.381 e. The lowest BCUT2D eigenvalue weighted by molar-refractivity contribution is 0.00805. The van der Waals surface area contributed by atoms with Gasteiger partial charge in [0.2, 0.25) is 0 Å². The van der Waals surface area contributed by atoms with E-state index in [1.54, 1.807) is 0 Å². The van der Waals surface area contributed by atoms with Gasteiger partial charge < -0.3 is 15.0 Å². The molecular weight excluding hydrogens is 236 g/mol. The van der Waals surface area contributed by atoms with Crippen molar-refractivity contribution in [3.63, 3.8) is 0 Å². The Kier molecular flexibility index (Phi) is 5.67. The molecule has 1 unspecified atom stereocenters. The summed E-state index contributed by atoms with van der Waals surface area (Å²) < 4.78 is 5.50. The molecular formula is C16H32N2O. The molecule has 3 nitrogen and oxygen atoms in total. The second kappa shape index (κ2) is 7.05. The number of ether oxygens (including phenoxy) is 1. The minimum Gasteiger partial charge on any atom is -0.381 e. The summed E-state index contributed by atoms with van der Waals surface area (Å²) in [6.45, 7) is 15.1. The summed E-state index contributed by atoms with van der Waals surface area (Å²) in [5.74, 6) is 1.63. The van der Waals surface area contributed by atoms with E-state index in [0.717, 1.165) is 31.6 Å². The molecule has 0 radical (unpaired) electrons. The summed E-state index contributed by atoms with van der Waals surface area (Å²) in [6.07, 6.45) is 3.84. The van der Waals surface area contributed by atoms with E-state index in [1.807, 2.05) is 0 Å². The molecule has 2 aliphatic heterocycles. The molecule has 0 saturated carbocycles. The fourth-order valence-corrected chi connectivity index (χ4v) is 3.36. The van der Waals surface area contributed by atoms with Crippen molar-refractivity contribution in [2.45, 2.75) is 40.0 Å². The highest BCUT2D eigenvalue weighted by Crippen LogP contribution is 2.32. The van der Waals surface area contributed by atoms with Crippen molar-refractivity contribution in [2.24, 2.45) is 17.3 Å². The average molecular weight is 268 g/mol. The zero-order valence-corrected chi connectivity index (χ0v) is 13.1. The molecule has 0 bridgehead atoms. The summed E-state index contributed by atoms with van der Waals surface area (Å²) >= 11 is 0. The first-order chi connectivity index (χ1) is 9.07. The number of nitrogens with zero attached hydrogens (tertiary/aromatic N) is 1. The van der Waals surface area contributed by atoms with Crippen LogP contribution in [-0.2, 0) is 4.74 Å². The van der Waals surface area contributed by atoms with Crippen LogP contribution in [0.3, 0.4) is 0 Å². The van der Waals surface area contributed by atoms with Gasteiger partial charge in [0.25, 0.3) is 0 Å². The van der Waals surface area contributed by atoms with Crippen molar-refractivity contribution < 1.29 is 4.74 Å². The van der Waals surface area contributed by atoms with Gasteiger partial charge in [0, 0.05) is 26.3 Å². The van der Waals surface area contributed by atoms with Crippen LogP contribution in [-0.4, -0.2) is 50.8 Å². The van der Waals surface area contributed by atoms with Gasteiger partial charge in [0.15, 0.2) is 0 Å². The van der Waals surface area contributed by atoms with Crippen LogP contribution in [0.5, 0.6) is 0 Å². The predicted octanol–water partition coefficient (Wildman–Crippen LogP) is 2.37. The van der Waals surface area contributed by atoms with Crippen molar-refractivity contribution in [1.82, 2.24) is 10.2 Å². The van der Waals surface area contributed by atoms with E-state index in [-0.39, 0.29) is 0 Å². The molecule has 0 aliphatic carbocycles. The number of hydrogen-bond donors (Lipinski definition) is 1. The molecule has 2 heterocycles. The zero-order chi connectivity index (χ0) is 13.7. The molecule has 19 heavy (non-hydrogen) atoms. The molecule has 0 spiro atoms. The van der Waals surface area contributed by atoms with Gasteiger partial charge in [-0.25, -0.2) is 0 Å². The van der Waals surface area contributed by atoms with E-state index in [4.69, 9.17) is 4.74 Å². The van der Waals surface area contributed by atoms with E-state index >= 15 is 0 Å². The molecule has 1 atom stereocenters. The van der Waals surface area contributed by atoms with Gasteiger partial charge in [-0.2, -0.15) is 0 Å². The lowest BCUT2D eigenvalue weighted by Gasteiger charge is -2.37. The summed E-state index contributed by atoms with van der Waals surface area (Å²) in [4.78, 5) is 2.69.